The number of aromatic nitrogens is 3. The molecule has 0 unspecified atom stereocenters. The molecule has 7 nitrogen and oxygen atoms in total. The van der Waals surface area contributed by atoms with Gasteiger partial charge in [-0.25, -0.2) is 0 Å². The van der Waals surface area contributed by atoms with E-state index in [2.05, 4.69) is 39.6 Å². The first-order chi connectivity index (χ1) is 12.3. The standard InChI is InChI=1S/C18H35N7/c1-3-5-11-24-13-8-17(9-14-24)23-18(19-4-2)20-10-6-7-12-25-15-21-22-16-25/h15-17H,3-14H2,1-2H3,(H2,19,20,23). The predicted octanol–water partition coefficient (Wildman–Crippen LogP) is 1.88. The minimum atomic E-state index is 0.549. The van der Waals surface area contributed by atoms with Crippen LogP contribution in [-0.4, -0.2) is 64.4 Å². The highest BCUT2D eigenvalue weighted by Crippen LogP contribution is 2.11. The molecule has 1 saturated heterocycles. The first kappa shape index (κ1) is 19.7. The molecule has 0 amide bonds. The smallest absolute Gasteiger partial charge is 0.191 e. The van der Waals surface area contributed by atoms with E-state index in [0.29, 0.717) is 6.04 Å². The van der Waals surface area contributed by atoms with Gasteiger partial charge in [-0.15, -0.1) is 10.2 Å². The molecule has 25 heavy (non-hydrogen) atoms. The molecule has 1 aromatic heterocycles. The average molecular weight is 350 g/mol. The first-order valence-corrected chi connectivity index (χ1v) is 9.91. The largest absolute Gasteiger partial charge is 0.357 e. The number of guanidine groups is 1. The molecule has 2 N–H and O–H groups in total. The summed E-state index contributed by atoms with van der Waals surface area (Å²) in [6.45, 7) is 10.8. The maximum atomic E-state index is 4.74. The summed E-state index contributed by atoms with van der Waals surface area (Å²) in [4.78, 5) is 7.33. The number of rotatable bonds is 10. The number of aliphatic imine (C=N–C) groups is 1. The van der Waals surface area contributed by atoms with Gasteiger partial charge in [0.05, 0.1) is 0 Å². The molecule has 2 rings (SSSR count). The topological polar surface area (TPSA) is 70.4 Å². The monoisotopic (exact) mass is 349 g/mol. The molecule has 1 aliphatic heterocycles. The summed E-state index contributed by atoms with van der Waals surface area (Å²) < 4.78 is 2.01. The van der Waals surface area contributed by atoms with Crippen LogP contribution in [0.2, 0.25) is 0 Å². The summed E-state index contributed by atoms with van der Waals surface area (Å²) in [6, 6.07) is 0.549. The lowest BCUT2D eigenvalue weighted by molar-refractivity contribution is 0.203. The van der Waals surface area contributed by atoms with E-state index in [4.69, 9.17) is 4.99 Å². The number of nitrogens with zero attached hydrogens (tertiary/aromatic N) is 5. The highest BCUT2D eigenvalue weighted by molar-refractivity contribution is 5.80. The van der Waals surface area contributed by atoms with Crippen molar-refractivity contribution in [1.29, 1.82) is 0 Å². The molecule has 0 aromatic carbocycles. The zero-order valence-corrected chi connectivity index (χ0v) is 16.0. The molecular formula is C18H35N7. The highest BCUT2D eigenvalue weighted by atomic mass is 15.2. The Morgan fingerprint density at radius 2 is 1.84 bits per heavy atom. The molecule has 142 valence electrons. The average Bonchev–Trinajstić information content (AvgIpc) is 3.14. The number of nitrogens with one attached hydrogen (secondary N) is 2. The zero-order valence-electron chi connectivity index (χ0n) is 16.0. The van der Waals surface area contributed by atoms with Crippen LogP contribution in [0.3, 0.4) is 0 Å². The molecule has 7 heteroatoms. The van der Waals surface area contributed by atoms with Crippen molar-refractivity contribution in [2.24, 2.45) is 4.99 Å². The maximum absolute atomic E-state index is 4.74. The molecule has 2 heterocycles. The van der Waals surface area contributed by atoms with Gasteiger partial charge in [0.15, 0.2) is 5.96 Å². The molecule has 0 saturated carbocycles. The molecular weight excluding hydrogens is 314 g/mol. The SMILES string of the molecule is CCCCN1CCC(NC(=NCCCCn2cnnc2)NCC)CC1. The van der Waals surface area contributed by atoms with Crippen LogP contribution in [-0.2, 0) is 6.54 Å². The summed E-state index contributed by atoms with van der Waals surface area (Å²) in [6.07, 6.45) is 10.7. The molecule has 0 bridgehead atoms. The molecule has 0 atom stereocenters. The maximum Gasteiger partial charge on any atom is 0.191 e. The third-order valence-electron chi connectivity index (χ3n) is 4.66. The third-order valence-corrected chi connectivity index (χ3v) is 4.66. The highest BCUT2D eigenvalue weighted by Gasteiger charge is 2.19. The van der Waals surface area contributed by atoms with Crippen molar-refractivity contribution in [3.05, 3.63) is 12.7 Å². The second kappa shape index (κ2) is 11.8. The van der Waals surface area contributed by atoms with Gasteiger partial charge in [-0.05, 0) is 45.6 Å². The lowest BCUT2D eigenvalue weighted by Gasteiger charge is -2.33. The number of likely N-dealkylation sites (tertiary alicyclic amines) is 1. The van der Waals surface area contributed by atoms with Crippen LogP contribution >= 0.6 is 0 Å². The Kier molecular flexibility index (Phi) is 9.33. The molecule has 1 aliphatic rings. The Hall–Kier alpha value is -1.63. The minimum Gasteiger partial charge on any atom is -0.357 e. The number of unbranched alkanes of at least 4 members (excludes halogenated alkanes) is 2. The molecule has 1 fully saturated rings. The number of hydrogen-bond acceptors (Lipinski definition) is 4. The summed E-state index contributed by atoms with van der Waals surface area (Å²) in [5.41, 5.74) is 0. The van der Waals surface area contributed by atoms with Gasteiger partial charge >= 0.3 is 0 Å². The van der Waals surface area contributed by atoms with Gasteiger partial charge in [0.2, 0.25) is 0 Å². The van der Waals surface area contributed by atoms with Crippen LogP contribution in [0.25, 0.3) is 0 Å². The molecule has 1 aromatic rings. The number of hydrogen-bond donors (Lipinski definition) is 2. The molecule has 0 radical (unpaired) electrons. The zero-order chi connectivity index (χ0) is 17.7. The second-order valence-electron chi connectivity index (χ2n) is 6.78. The molecule has 0 spiro atoms. The number of aryl methyl sites for hydroxylation is 1. The van der Waals surface area contributed by atoms with Gasteiger partial charge in [-0.3, -0.25) is 4.99 Å². The van der Waals surface area contributed by atoms with E-state index in [0.717, 1.165) is 38.4 Å². The van der Waals surface area contributed by atoms with Crippen molar-refractivity contribution in [3.63, 3.8) is 0 Å². The van der Waals surface area contributed by atoms with E-state index < -0.39 is 0 Å². The third kappa shape index (κ3) is 7.86. The normalized spacial score (nSPS) is 17.0. The van der Waals surface area contributed by atoms with E-state index in [9.17, 15) is 0 Å². The summed E-state index contributed by atoms with van der Waals surface area (Å²) in [5, 5.41) is 14.6. The van der Waals surface area contributed by atoms with Crippen LogP contribution < -0.4 is 10.6 Å². The summed E-state index contributed by atoms with van der Waals surface area (Å²) in [5.74, 6) is 0.971. The van der Waals surface area contributed by atoms with Gasteiger partial charge in [-0.2, -0.15) is 0 Å². The van der Waals surface area contributed by atoms with Crippen molar-refractivity contribution in [3.8, 4) is 0 Å². The van der Waals surface area contributed by atoms with Crippen LogP contribution in [0.5, 0.6) is 0 Å². The van der Waals surface area contributed by atoms with Gasteiger partial charge in [0.1, 0.15) is 12.7 Å². The van der Waals surface area contributed by atoms with Crippen molar-refractivity contribution in [2.75, 3.05) is 32.7 Å². The van der Waals surface area contributed by atoms with Crippen molar-refractivity contribution >= 4 is 5.96 Å². The Bertz CT molecular complexity index is 464. The Morgan fingerprint density at radius 3 is 2.52 bits per heavy atom. The number of piperidine rings is 1. The van der Waals surface area contributed by atoms with Gasteiger partial charge in [0, 0.05) is 38.8 Å². The van der Waals surface area contributed by atoms with E-state index >= 15 is 0 Å². The fraction of sp³-hybridized carbons (Fsp3) is 0.833. The second-order valence-corrected chi connectivity index (χ2v) is 6.78. The predicted molar refractivity (Wildman–Crippen MR) is 103 cm³/mol. The van der Waals surface area contributed by atoms with E-state index in [1.54, 1.807) is 12.7 Å². The van der Waals surface area contributed by atoms with Crippen molar-refractivity contribution < 1.29 is 0 Å². The van der Waals surface area contributed by atoms with Gasteiger partial charge in [0.25, 0.3) is 0 Å². The minimum absolute atomic E-state index is 0.549. The summed E-state index contributed by atoms with van der Waals surface area (Å²) >= 11 is 0. The Balaban J connectivity index is 1.65. The van der Waals surface area contributed by atoms with E-state index in [1.807, 2.05) is 4.57 Å². The van der Waals surface area contributed by atoms with Crippen LogP contribution in [0, 0.1) is 0 Å². The fourth-order valence-corrected chi connectivity index (χ4v) is 3.13. The van der Waals surface area contributed by atoms with E-state index in [-0.39, 0.29) is 0 Å². The molecule has 0 aliphatic carbocycles. The van der Waals surface area contributed by atoms with Crippen LogP contribution in [0.1, 0.15) is 52.4 Å². The Labute approximate surface area is 152 Å². The lowest BCUT2D eigenvalue weighted by Crippen LogP contribution is -2.48. The van der Waals surface area contributed by atoms with Crippen LogP contribution in [0.4, 0.5) is 0 Å². The van der Waals surface area contributed by atoms with Gasteiger partial charge in [-0.1, -0.05) is 13.3 Å². The summed E-state index contributed by atoms with van der Waals surface area (Å²) in [7, 11) is 0. The quantitative estimate of drug-likeness (QED) is 0.383. The van der Waals surface area contributed by atoms with Crippen LogP contribution in [0.15, 0.2) is 17.6 Å². The Morgan fingerprint density at radius 1 is 1.08 bits per heavy atom. The van der Waals surface area contributed by atoms with Crippen molar-refractivity contribution in [2.45, 2.75) is 65.0 Å². The first-order valence-electron chi connectivity index (χ1n) is 9.91. The lowest BCUT2D eigenvalue weighted by atomic mass is 10.0. The van der Waals surface area contributed by atoms with Crippen molar-refractivity contribution in [1.82, 2.24) is 30.3 Å². The van der Waals surface area contributed by atoms with E-state index in [1.165, 1.54) is 45.3 Å². The fourth-order valence-electron chi connectivity index (χ4n) is 3.13. The van der Waals surface area contributed by atoms with Gasteiger partial charge < -0.3 is 20.1 Å².